The van der Waals surface area contributed by atoms with E-state index in [0.717, 1.165) is 6.42 Å². The van der Waals surface area contributed by atoms with Gasteiger partial charge < -0.3 is 0 Å². The van der Waals surface area contributed by atoms with Crippen LogP contribution in [0.3, 0.4) is 0 Å². The number of Topliss-reactive ketones (excluding diaryl/α,β-unsaturated/α-hetero) is 1. The van der Waals surface area contributed by atoms with E-state index >= 15 is 0 Å². The molecule has 5 atom stereocenters. The molecule has 0 amide bonds. The van der Waals surface area contributed by atoms with Crippen molar-refractivity contribution in [2.24, 2.45) is 23.2 Å². The molecule has 1 aromatic rings. The Kier molecular flexibility index (Phi) is 3.44. The summed E-state index contributed by atoms with van der Waals surface area (Å²) >= 11 is 0. The molecule has 0 heterocycles. The van der Waals surface area contributed by atoms with Crippen LogP contribution in [0.4, 0.5) is 0 Å². The summed E-state index contributed by atoms with van der Waals surface area (Å²) in [7, 11) is -1.14. The van der Waals surface area contributed by atoms with Gasteiger partial charge in [-0.3, -0.25) is 4.79 Å². The second kappa shape index (κ2) is 4.81. The van der Waals surface area contributed by atoms with Crippen LogP contribution in [0.25, 0.3) is 0 Å². The number of carbonyl (C=O) groups is 1. The fraction of sp³-hybridized carbons (Fsp3) is 0.632. The molecule has 3 rings (SSSR count). The SMILES string of the molecule is C[C@@H]1[C@@H](c2ccccc2)[C@@]2(C)C(=O)[C@@H]1C[C@H]2C[Si](C)(C)C. The van der Waals surface area contributed by atoms with Gasteiger partial charge in [0.15, 0.2) is 0 Å². The minimum Gasteiger partial charge on any atom is -0.299 e. The molecule has 0 saturated heterocycles. The van der Waals surface area contributed by atoms with Gasteiger partial charge in [0, 0.05) is 19.4 Å². The van der Waals surface area contributed by atoms with Crippen LogP contribution in [0.15, 0.2) is 30.3 Å². The average Bonchev–Trinajstić information content (AvgIpc) is 2.73. The lowest BCUT2D eigenvalue weighted by atomic mass is 9.64. The quantitative estimate of drug-likeness (QED) is 0.720. The van der Waals surface area contributed by atoms with Crippen LogP contribution in [0.2, 0.25) is 25.7 Å². The van der Waals surface area contributed by atoms with E-state index in [1.54, 1.807) is 0 Å². The van der Waals surface area contributed by atoms with Gasteiger partial charge in [0.2, 0.25) is 0 Å². The lowest BCUT2D eigenvalue weighted by molar-refractivity contribution is -0.126. The first kappa shape index (κ1) is 15.0. The average molecular weight is 301 g/mol. The monoisotopic (exact) mass is 300 g/mol. The van der Waals surface area contributed by atoms with E-state index in [4.69, 9.17) is 0 Å². The maximum absolute atomic E-state index is 13.0. The normalized spacial score (nSPS) is 39.0. The van der Waals surface area contributed by atoms with Gasteiger partial charge in [-0.15, -0.1) is 0 Å². The van der Waals surface area contributed by atoms with Crippen molar-refractivity contribution < 1.29 is 4.79 Å². The molecule has 21 heavy (non-hydrogen) atoms. The zero-order chi connectivity index (χ0) is 15.4. The van der Waals surface area contributed by atoms with Crippen molar-refractivity contribution in [3.05, 3.63) is 35.9 Å². The topological polar surface area (TPSA) is 17.1 Å². The second-order valence-corrected chi connectivity index (χ2v) is 14.2. The van der Waals surface area contributed by atoms with Crippen LogP contribution in [0.1, 0.15) is 31.7 Å². The molecular formula is C19H28OSi. The molecule has 2 bridgehead atoms. The van der Waals surface area contributed by atoms with E-state index < -0.39 is 8.07 Å². The van der Waals surface area contributed by atoms with Gasteiger partial charge in [-0.25, -0.2) is 0 Å². The van der Waals surface area contributed by atoms with Gasteiger partial charge in [0.05, 0.1) is 0 Å². The number of hydrogen-bond donors (Lipinski definition) is 0. The van der Waals surface area contributed by atoms with Crippen LogP contribution in [-0.4, -0.2) is 13.9 Å². The summed E-state index contributed by atoms with van der Waals surface area (Å²) in [6.45, 7) is 11.9. The van der Waals surface area contributed by atoms with Crippen molar-refractivity contribution in [3.8, 4) is 0 Å². The summed E-state index contributed by atoms with van der Waals surface area (Å²) in [6, 6.07) is 12.1. The predicted molar refractivity (Wildman–Crippen MR) is 91.2 cm³/mol. The Morgan fingerprint density at radius 2 is 1.81 bits per heavy atom. The molecule has 0 aromatic heterocycles. The molecule has 1 nitrogen and oxygen atoms in total. The molecule has 2 aliphatic rings. The zero-order valence-corrected chi connectivity index (χ0v) is 15.0. The minimum absolute atomic E-state index is 0.119. The first-order valence-corrected chi connectivity index (χ1v) is 12.0. The summed E-state index contributed by atoms with van der Waals surface area (Å²) in [5.74, 6) is 2.39. The van der Waals surface area contributed by atoms with E-state index in [1.165, 1.54) is 11.6 Å². The van der Waals surface area contributed by atoms with E-state index in [-0.39, 0.29) is 5.41 Å². The van der Waals surface area contributed by atoms with Gasteiger partial charge in [0.1, 0.15) is 5.78 Å². The number of ketones is 1. The molecule has 0 radical (unpaired) electrons. The highest BCUT2D eigenvalue weighted by atomic mass is 28.3. The molecule has 0 spiro atoms. The molecule has 2 saturated carbocycles. The first-order valence-electron chi connectivity index (χ1n) is 8.34. The highest BCUT2D eigenvalue weighted by Gasteiger charge is 2.65. The molecule has 114 valence electrons. The van der Waals surface area contributed by atoms with E-state index in [2.05, 4.69) is 63.8 Å². The third-order valence-corrected chi connectivity index (χ3v) is 7.80. The second-order valence-electron chi connectivity index (χ2n) is 8.70. The van der Waals surface area contributed by atoms with Crippen molar-refractivity contribution in [1.29, 1.82) is 0 Å². The highest BCUT2D eigenvalue weighted by Crippen LogP contribution is 2.65. The lowest BCUT2D eigenvalue weighted by Crippen LogP contribution is -2.39. The van der Waals surface area contributed by atoms with Gasteiger partial charge >= 0.3 is 0 Å². The molecule has 0 unspecified atom stereocenters. The summed E-state index contributed by atoms with van der Waals surface area (Å²) < 4.78 is 0. The Labute approximate surface area is 130 Å². The van der Waals surface area contributed by atoms with Gasteiger partial charge in [-0.1, -0.05) is 69.9 Å². The van der Waals surface area contributed by atoms with E-state index in [1.807, 2.05) is 0 Å². The Balaban J connectivity index is 2.00. The fourth-order valence-electron chi connectivity index (χ4n) is 5.24. The lowest BCUT2D eigenvalue weighted by Gasteiger charge is -2.42. The zero-order valence-electron chi connectivity index (χ0n) is 14.0. The van der Waals surface area contributed by atoms with Crippen LogP contribution in [0, 0.1) is 23.2 Å². The third kappa shape index (κ3) is 2.23. The van der Waals surface area contributed by atoms with Gasteiger partial charge in [-0.2, -0.15) is 0 Å². The van der Waals surface area contributed by atoms with Crippen LogP contribution >= 0.6 is 0 Å². The Morgan fingerprint density at radius 3 is 2.33 bits per heavy atom. The van der Waals surface area contributed by atoms with Gasteiger partial charge in [0.25, 0.3) is 0 Å². The standard InChI is InChI=1S/C19H28OSi/c1-13-16-11-15(12-21(3,4)5)19(2,18(16)20)17(13)14-9-7-6-8-10-14/h6-10,13,15-17H,11-12H2,1-5H3/t13-,15-,16+,17-,19-/m0/s1. The van der Waals surface area contributed by atoms with Crippen molar-refractivity contribution in [1.82, 2.24) is 0 Å². The molecule has 1 aromatic carbocycles. The minimum atomic E-state index is -1.14. The molecule has 2 heteroatoms. The number of hydrogen-bond acceptors (Lipinski definition) is 1. The molecule has 2 fully saturated rings. The summed E-state index contributed by atoms with van der Waals surface area (Å²) in [6.07, 6.45) is 1.14. The summed E-state index contributed by atoms with van der Waals surface area (Å²) in [5, 5.41) is 0. The van der Waals surface area contributed by atoms with E-state index in [9.17, 15) is 4.79 Å². The van der Waals surface area contributed by atoms with Crippen LogP contribution in [-0.2, 0) is 4.79 Å². The fourth-order valence-corrected chi connectivity index (χ4v) is 7.31. The third-order valence-electron chi connectivity index (χ3n) is 6.08. The number of fused-ring (bicyclic) bond motifs is 2. The molecule has 0 N–H and O–H groups in total. The van der Waals surface area contributed by atoms with E-state index in [0.29, 0.717) is 29.5 Å². The Morgan fingerprint density at radius 1 is 1.19 bits per heavy atom. The Bertz CT molecular complexity index is 544. The van der Waals surface area contributed by atoms with Crippen molar-refractivity contribution >= 4 is 13.9 Å². The Hall–Kier alpha value is -0.893. The maximum atomic E-state index is 13.0. The number of carbonyl (C=O) groups excluding carboxylic acids is 1. The van der Waals surface area contributed by atoms with Crippen LogP contribution < -0.4 is 0 Å². The largest absolute Gasteiger partial charge is 0.299 e. The van der Waals surface area contributed by atoms with Gasteiger partial charge in [-0.05, 0) is 29.7 Å². The first-order chi connectivity index (χ1) is 9.75. The van der Waals surface area contributed by atoms with Crippen molar-refractivity contribution in [3.63, 3.8) is 0 Å². The number of rotatable bonds is 3. The van der Waals surface area contributed by atoms with Crippen molar-refractivity contribution in [2.45, 2.75) is 51.9 Å². The predicted octanol–water partition coefficient (Wildman–Crippen LogP) is 4.97. The molecule has 0 aliphatic heterocycles. The maximum Gasteiger partial charge on any atom is 0.143 e. The van der Waals surface area contributed by atoms with Crippen molar-refractivity contribution in [2.75, 3.05) is 0 Å². The highest BCUT2D eigenvalue weighted by molar-refractivity contribution is 6.76. The summed E-state index contributed by atoms with van der Waals surface area (Å²) in [4.78, 5) is 13.0. The van der Waals surface area contributed by atoms with Crippen LogP contribution in [0.5, 0.6) is 0 Å². The summed E-state index contributed by atoms with van der Waals surface area (Å²) in [5.41, 5.74) is 1.26. The molecular weight excluding hydrogens is 272 g/mol. The molecule has 2 aliphatic carbocycles. The smallest absolute Gasteiger partial charge is 0.143 e. The number of benzene rings is 1.